The molecule has 0 aliphatic heterocycles. The molecule has 0 bridgehead atoms. The maximum Gasteiger partial charge on any atom is 0.236 e. The second-order valence-electron chi connectivity index (χ2n) is 6.21. The van der Waals surface area contributed by atoms with Crippen LogP contribution in [0.4, 0.5) is 9.52 Å². The van der Waals surface area contributed by atoms with Gasteiger partial charge in [-0.25, -0.2) is 9.37 Å². The first-order chi connectivity index (χ1) is 14.6. The topological polar surface area (TPSA) is 81.9 Å². The van der Waals surface area contributed by atoms with E-state index in [1.54, 1.807) is 12.1 Å². The second-order valence-corrected chi connectivity index (χ2v) is 8.18. The molecule has 0 spiro atoms. The van der Waals surface area contributed by atoms with Crippen molar-refractivity contribution in [3.63, 3.8) is 0 Å². The summed E-state index contributed by atoms with van der Waals surface area (Å²) in [6.07, 6.45) is 0. The Bertz CT molecular complexity index is 1130. The van der Waals surface area contributed by atoms with E-state index in [0.29, 0.717) is 28.4 Å². The van der Waals surface area contributed by atoms with E-state index in [4.69, 9.17) is 4.74 Å². The lowest BCUT2D eigenvalue weighted by molar-refractivity contribution is -0.113. The van der Waals surface area contributed by atoms with Gasteiger partial charge >= 0.3 is 0 Å². The van der Waals surface area contributed by atoms with E-state index >= 15 is 0 Å². The van der Waals surface area contributed by atoms with E-state index in [2.05, 4.69) is 20.5 Å². The predicted molar refractivity (Wildman–Crippen MR) is 115 cm³/mol. The molecule has 4 rings (SSSR count). The second kappa shape index (κ2) is 9.23. The zero-order chi connectivity index (χ0) is 20.9. The molecule has 2 heterocycles. The molecule has 10 heteroatoms. The highest BCUT2D eigenvalue weighted by molar-refractivity contribution is 7.99. The fraction of sp³-hybridized carbons (Fsp3) is 0.200. The largest absolute Gasteiger partial charge is 0.486 e. The molecule has 1 N–H and O–H groups in total. The molecule has 1 amide bonds. The Morgan fingerprint density at radius 2 is 2.00 bits per heavy atom. The van der Waals surface area contributed by atoms with E-state index in [1.807, 2.05) is 35.8 Å². The molecule has 30 heavy (non-hydrogen) atoms. The number of carbonyl (C=O) groups excluding carboxylic acids is 1. The van der Waals surface area contributed by atoms with Crippen LogP contribution in [0.1, 0.15) is 12.7 Å². The van der Waals surface area contributed by atoms with Crippen LogP contribution in [0.2, 0.25) is 0 Å². The molecule has 154 valence electrons. The number of aromatic nitrogens is 4. The number of fused-ring (bicyclic) bond motifs is 1. The smallest absolute Gasteiger partial charge is 0.236 e. The molecule has 0 aliphatic carbocycles. The van der Waals surface area contributed by atoms with E-state index in [-0.39, 0.29) is 24.1 Å². The van der Waals surface area contributed by atoms with Crippen LogP contribution >= 0.6 is 23.1 Å². The highest BCUT2D eigenvalue weighted by Crippen LogP contribution is 2.26. The van der Waals surface area contributed by atoms with Crippen LogP contribution in [0.5, 0.6) is 5.75 Å². The van der Waals surface area contributed by atoms with Crippen molar-refractivity contribution in [1.29, 1.82) is 0 Å². The molecule has 0 saturated carbocycles. The third kappa shape index (κ3) is 4.77. The lowest BCUT2D eigenvalue weighted by Gasteiger charge is -2.08. The lowest BCUT2D eigenvalue weighted by atomic mass is 10.3. The number of amides is 1. The van der Waals surface area contributed by atoms with Crippen LogP contribution in [0.15, 0.2) is 53.7 Å². The fourth-order valence-electron chi connectivity index (χ4n) is 2.74. The van der Waals surface area contributed by atoms with Crippen molar-refractivity contribution in [2.45, 2.75) is 25.2 Å². The average Bonchev–Trinajstić information content (AvgIpc) is 3.34. The van der Waals surface area contributed by atoms with Crippen LogP contribution < -0.4 is 10.1 Å². The molecule has 2 aromatic carbocycles. The van der Waals surface area contributed by atoms with E-state index < -0.39 is 0 Å². The average molecular weight is 444 g/mol. The normalized spacial score (nSPS) is 11.0. The Labute approximate surface area is 180 Å². The van der Waals surface area contributed by atoms with E-state index in [0.717, 1.165) is 10.2 Å². The number of hydrogen-bond donors (Lipinski definition) is 1. The molecule has 0 aliphatic rings. The van der Waals surface area contributed by atoms with Gasteiger partial charge in [0.15, 0.2) is 16.1 Å². The van der Waals surface area contributed by atoms with Crippen LogP contribution in [-0.2, 0) is 17.9 Å². The summed E-state index contributed by atoms with van der Waals surface area (Å²) in [5.74, 6) is 0.894. The number of para-hydroxylation sites is 1. The van der Waals surface area contributed by atoms with Crippen LogP contribution in [-0.4, -0.2) is 31.4 Å². The van der Waals surface area contributed by atoms with Gasteiger partial charge in [0.25, 0.3) is 0 Å². The minimum Gasteiger partial charge on any atom is -0.486 e. The number of carbonyl (C=O) groups is 1. The summed E-state index contributed by atoms with van der Waals surface area (Å²) in [4.78, 5) is 16.7. The van der Waals surface area contributed by atoms with Crippen molar-refractivity contribution < 1.29 is 13.9 Å². The van der Waals surface area contributed by atoms with Crippen molar-refractivity contribution in [2.24, 2.45) is 0 Å². The molecular weight excluding hydrogens is 425 g/mol. The molecule has 0 unspecified atom stereocenters. The van der Waals surface area contributed by atoms with Crippen molar-refractivity contribution in [1.82, 2.24) is 19.7 Å². The summed E-state index contributed by atoms with van der Waals surface area (Å²) >= 11 is 2.74. The number of rotatable bonds is 8. The quantitative estimate of drug-likeness (QED) is 0.408. The monoisotopic (exact) mass is 443 g/mol. The van der Waals surface area contributed by atoms with Gasteiger partial charge in [0, 0.05) is 6.54 Å². The first kappa shape index (κ1) is 20.3. The number of nitrogens with zero attached hydrogens (tertiary/aromatic N) is 4. The fourth-order valence-corrected chi connectivity index (χ4v) is 4.44. The summed E-state index contributed by atoms with van der Waals surface area (Å²) in [5.41, 5.74) is 0.863. The van der Waals surface area contributed by atoms with Crippen molar-refractivity contribution in [3.8, 4) is 5.75 Å². The van der Waals surface area contributed by atoms with Crippen molar-refractivity contribution in [2.75, 3.05) is 11.1 Å². The zero-order valence-corrected chi connectivity index (χ0v) is 17.7. The summed E-state index contributed by atoms with van der Waals surface area (Å²) in [5, 5.41) is 12.4. The van der Waals surface area contributed by atoms with Gasteiger partial charge in [0.1, 0.15) is 18.2 Å². The van der Waals surface area contributed by atoms with Crippen LogP contribution in [0.3, 0.4) is 0 Å². The number of halogens is 1. The van der Waals surface area contributed by atoms with Gasteiger partial charge in [-0.2, -0.15) is 0 Å². The van der Waals surface area contributed by atoms with Gasteiger partial charge in [-0.05, 0) is 43.3 Å². The van der Waals surface area contributed by atoms with Crippen molar-refractivity contribution in [3.05, 3.63) is 60.2 Å². The molecule has 0 radical (unpaired) electrons. The predicted octanol–water partition coefficient (Wildman–Crippen LogP) is 4.36. The number of thioether (sulfide) groups is 1. The molecular formula is C20H18FN5O2S2. The molecule has 4 aromatic rings. The third-order valence-corrected chi connectivity index (χ3v) is 6.08. The Morgan fingerprint density at radius 1 is 1.20 bits per heavy atom. The number of nitrogens with one attached hydrogen (secondary N) is 1. The number of ether oxygens (including phenoxy) is 1. The molecule has 7 nitrogen and oxygen atoms in total. The van der Waals surface area contributed by atoms with Gasteiger partial charge in [0.2, 0.25) is 5.91 Å². The maximum atomic E-state index is 13.0. The van der Waals surface area contributed by atoms with Gasteiger partial charge in [-0.3, -0.25) is 4.79 Å². The number of benzene rings is 2. The van der Waals surface area contributed by atoms with Gasteiger partial charge in [0.05, 0.1) is 16.0 Å². The van der Waals surface area contributed by atoms with Gasteiger partial charge < -0.3 is 14.6 Å². The minimum absolute atomic E-state index is 0.158. The minimum atomic E-state index is -0.318. The Balaban J connectivity index is 1.34. The molecule has 0 fully saturated rings. The summed E-state index contributed by atoms with van der Waals surface area (Å²) in [6, 6.07) is 13.5. The third-order valence-electron chi connectivity index (χ3n) is 4.16. The Morgan fingerprint density at radius 3 is 2.77 bits per heavy atom. The van der Waals surface area contributed by atoms with E-state index in [1.165, 1.54) is 35.2 Å². The van der Waals surface area contributed by atoms with Crippen LogP contribution in [0.25, 0.3) is 10.2 Å². The summed E-state index contributed by atoms with van der Waals surface area (Å²) in [7, 11) is 0. The maximum absolute atomic E-state index is 13.0. The highest BCUT2D eigenvalue weighted by atomic mass is 32.2. The molecule has 0 saturated heterocycles. The lowest BCUT2D eigenvalue weighted by Crippen LogP contribution is -2.14. The van der Waals surface area contributed by atoms with Gasteiger partial charge in [-0.15, -0.1) is 10.2 Å². The SMILES string of the molecule is CCn1c(COc2ccc(F)cc2)nnc1SCC(=O)Nc1nc2ccccc2s1. The zero-order valence-electron chi connectivity index (χ0n) is 16.0. The van der Waals surface area contributed by atoms with Crippen molar-refractivity contribution >= 4 is 44.4 Å². The number of hydrogen-bond acceptors (Lipinski definition) is 7. The summed E-state index contributed by atoms with van der Waals surface area (Å²) < 4.78 is 21.6. The highest BCUT2D eigenvalue weighted by Gasteiger charge is 2.15. The number of anilines is 1. The molecule has 0 atom stereocenters. The summed E-state index contributed by atoms with van der Waals surface area (Å²) in [6.45, 7) is 2.80. The van der Waals surface area contributed by atoms with Gasteiger partial charge in [-0.1, -0.05) is 35.2 Å². The Kier molecular flexibility index (Phi) is 6.24. The Hall–Kier alpha value is -2.98. The van der Waals surface area contributed by atoms with Crippen LogP contribution in [0, 0.1) is 5.82 Å². The molecule has 2 aromatic heterocycles. The first-order valence-corrected chi connectivity index (χ1v) is 11.0. The van der Waals surface area contributed by atoms with E-state index in [9.17, 15) is 9.18 Å². The first-order valence-electron chi connectivity index (χ1n) is 9.21. The number of thiazole rings is 1. The standard InChI is InChI=1S/C20H18FN5O2S2/c1-2-26-17(11-28-14-9-7-13(21)8-10-14)24-25-20(26)29-12-18(27)23-19-22-15-5-3-4-6-16(15)30-19/h3-10H,2,11-12H2,1H3,(H,22,23,27).